The second-order valence-electron chi connectivity index (χ2n) is 5.34. The van der Waals surface area contributed by atoms with E-state index in [-0.39, 0.29) is 5.41 Å². The average Bonchev–Trinajstić information content (AvgIpc) is 2.35. The first-order valence-corrected chi connectivity index (χ1v) is 6.89. The number of aryl methyl sites for hydroxylation is 2. The van der Waals surface area contributed by atoms with Crippen LogP contribution in [0.15, 0.2) is 18.2 Å². The Hall–Kier alpha value is -0.530. The SMILES string of the molecule is Cc1cccc(C)c1CC1(CCl)CCCOC1. The van der Waals surface area contributed by atoms with Gasteiger partial charge in [0.25, 0.3) is 0 Å². The third-order valence-corrected chi connectivity index (χ3v) is 4.45. The van der Waals surface area contributed by atoms with Gasteiger partial charge in [0, 0.05) is 17.9 Å². The molecule has 1 fully saturated rings. The van der Waals surface area contributed by atoms with Gasteiger partial charge in [-0.25, -0.2) is 0 Å². The summed E-state index contributed by atoms with van der Waals surface area (Å²) in [7, 11) is 0. The van der Waals surface area contributed by atoms with Gasteiger partial charge in [0.05, 0.1) is 6.61 Å². The maximum atomic E-state index is 6.21. The Morgan fingerprint density at radius 3 is 2.53 bits per heavy atom. The van der Waals surface area contributed by atoms with Crippen LogP contribution in [0.5, 0.6) is 0 Å². The summed E-state index contributed by atoms with van der Waals surface area (Å²) >= 11 is 6.21. The number of hydrogen-bond donors (Lipinski definition) is 0. The van der Waals surface area contributed by atoms with E-state index in [1.165, 1.54) is 23.1 Å². The van der Waals surface area contributed by atoms with E-state index in [1.807, 2.05) is 0 Å². The summed E-state index contributed by atoms with van der Waals surface area (Å²) in [6, 6.07) is 6.50. The predicted molar refractivity (Wildman–Crippen MR) is 72.8 cm³/mol. The maximum absolute atomic E-state index is 6.21. The molecule has 94 valence electrons. The maximum Gasteiger partial charge on any atom is 0.0537 e. The summed E-state index contributed by atoms with van der Waals surface area (Å²) in [5.41, 5.74) is 4.36. The van der Waals surface area contributed by atoms with E-state index < -0.39 is 0 Å². The van der Waals surface area contributed by atoms with Gasteiger partial charge in [-0.3, -0.25) is 0 Å². The van der Waals surface area contributed by atoms with Crippen molar-refractivity contribution < 1.29 is 4.74 Å². The molecule has 0 N–H and O–H groups in total. The third kappa shape index (κ3) is 2.83. The van der Waals surface area contributed by atoms with Crippen LogP contribution in [0.2, 0.25) is 0 Å². The molecule has 0 spiro atoms. The fraction of sp³-hybridized carbons (Fsp3) is 0.600. The second-order valence-corrected chi connectivity index (χ2v) is 5.60. The Morgan fingerprint density at radius 2 is 2.00 bits per heavy atom. The summed E-state index contributed by atoms with van der Waals surface area (Å²) in [6.45, 7) is 6.08. The lowest BCUT2D eigenvalue weighted by molar-refractivity contribution is 0.00464. The van der Waals surface area contributed by atoms with Gasteiger partial charge in [-0.05, 0) is 49.8 Å². The molecule has 2 heteroatoms. The van der Waals surface area contributed by atoms with Crippen molar-refractivity contribution in [3.63, 3.8) is 0 Å². The zero-order valence-electron chi connectivity index (χ0n) is 10.8. The van der Waals surface area contributed by atoms with Crippen molar-refractivity contribution in [1.82, 2.24) is 0 Å². The van der Waals surface area contributed by atoms with Gasteiger partial charge in [0.2, 0.25) is 0 Å². The van der Waals surface area contributed by atoms with Gasteiger partial charge in [0.15, 0.2) is 0 Å². The van der Waals surface area contributed by atoms with Crippen LogP contribution >= 0.6 is 11.6 Å². The van der Waals surface area contributed by atoms with Gasteiger partial charge >= 0.3 is 0 Å². The minimum atomic E-state index is 0.149. The fourth-order valence-electron chi connectivity index (χ4n) is 2.70. The normalized spacial score (nSPS) is 24.9. The van der Waals surface area contributed by atoms with Crippen LogP contribution in [0.25, 0.3) is 0 Å². The first kappa shape index (κ1) is 12.9. The van der Waals surface area contributed by atoms with Crippen LogP contribution in [0.1, 0.15) is 29.5 Å². The van der Waals surface area contributed by atoms with Crippen LogP contribution in [0.4, 0.5) is 0 Å². The topological polar surface area (TPSA) is 9.23 Å². The quantitative estimate of drug-likeness (QED) is 0.742. The number of rotatable bonds is 3. The van der Waals surface area contributed by atoms with Crippen molar-refractivity contribution in [3.05, 3.63) is 34.9 Å². The van der Waals surface area contributed by atoms with Crippen molar-refractivity contribution in [1.29, 1.82) is 0 Å². The van der Waals surface area contributed by atoms with Gasteiger partial charge in [-0.15, -0.1) is 11.6 Å². The molecule has 0 radical (unpaired) electrons. The zero-order valence-corrected chi connectivity index (χ0v) is 11.5. The summed E-state index contributed by atoms with van der Waals surface area (Å²) in [4.78, 5) is 0. The molecule has 1 aromatic rings. The molecule has 0 aromatic heterocycles. The number of halogens is 1. The molecule has 0 bridgehead atoms. The summed E-state index contributed by atoms with van der Waals surface area (Å²) < 4.78 is 5.64. The number of ether oxygens (including phenoxy) is 1. The minimum Gasteiger partial charge on any atom is -0.381 e. The molecule has 1 aromatic carbocycles. The van der Waals surface area contributed by atoms with Gasteiger partial charge < -0.3 is 4.74 Å². The van der Waals surface area contributed by atoms with Crippen LogP contribution in [-0.2, 0) is 11.2 Å². The largest absolute Gasteiger partial charge is 0.381 e. The van der Waals surface area contributed by atoms with E-state index in [0.717, 1.165) is 26.1 Å². The molecule has 1 heterocycles. The Bertz CT molecular complexity index is 360. The smallest absolute Gasteiger partial charge is 0.0537 e. The van der Waals surface area contributed by atoms with E-state index in [1.54, 1.807) is 0 Å². The highest BCUT2D eigenvalue weighted by Crippen LogP contribution is 2.35. The molecule has 2 rings (SSSR count). The van der Waals surface area contributed by atoms with Crippen LogP contribution < -0.4 is 0 Å². The van der Waals surface area contributed by atoms with Crippen molar-refractivity contribution in [2.75, 3.05) is 19.1 Å². The summed E-state index contributed by atoms with van der Waals surface area (Å²) in [6.07, 6.45) is 3.37. The first-order valence-electron chi connectivity index (χ1n) is 6.36. The third-order valence-electron chi connectivity index (χ3n) is 3.88. The van der Waals surface area contributed by atoms with E-state index in [4.69, 9.17) is 16.3 Å². The summed E-state index contributed by atoms with van der Waals surface area (Å²) in [5, 5.41) is 0. The number of alkyl halides is 1. The zero-order chi connectivity index (χ0) is 12.3. The van der Waals surface area contributed by atoms with Gasteiger partial charge in [-0.1, -0.05) is 18.2 Å². The fourth-order valence-corrected chi connectivity index (χ4v) is 3.01. The van der Waals surface area contributed by atoms with Crippen molar-refractivity contribution in [3.8, 4) is 0 Å². The lowest BCUT2D eigenvalue weighted by atomic mass is 9.77. The molecular formula is C15H21ClO. The van der Waals surface area contributed by atoms with E-state index in [0.29, 0.717) is 5.88 Å². The summed E-state index contributed by atoms with van der Waals surface area (Å²) in [5.74, 6) is 0.695. The average molecular weight is 253 g/mol. The lowest BCUT2D eigenvalue weighted by Crippen LogP contribution is -2.36. The van der Waals surface area contributed by atoms with Crippen LogP contribution in [0, 0.1) is 19.3 Å². The van der Waals surface area contributed by atoms with Crippen molar-refractivity contribution in [2.24, 2.45) is 5.41 Å². The van der Waals surface area contributed by atoms with Gasteiger partial charge in [0.1, 0.15) is 0 Å². The van der Waals surface area contributed by atoms with Gasteiger partial charge in [-0.2, -0.15) is 0 Å². The van der Waals surface area contributed by atoms with E-state index in [9.17, 15) is 0 Å². The highest BCUT2D eigenvalue weighted by molar-refractivity contribution is 6.18. The van der Waals surface area contributed by atoms with E-state index >= 15 is 0 Å². The Kier molecular flexibility index (Phi) is 4.11. The molecule has 1 atom stereocenters. The van der Waals surface area contributed by atoms with Crippen molar-refractivity contribution >= 4 is 11.6 Å². The highest BCUT2D eigenvalue weighted by Gasteiger charge is 2.33. The minimum absolute atomic E-state index is 0.149. The monoisotopic (exact) mass is 252 g/mol. The molecule has 0 saturated carbocycles. The Balaban J connectivity index is 2.23. The molecule has 1 aliphatic rings. The molecule has 0 aliphatic carbocycles. The van der Waals surface area contributed by atoms with Crippen LogP contribution in [0.3, 0.4) is 0 Å². The molecule has 1 nitrogen and oxygen atoms in total. The molecular weight excluding hydrogens is 232 g/mol. The first-order chi connectivity index (χ1) is 8.17. The molecule has 17 heavy (non-hydrogen) atoms. The van der Waals surface area contributed by atoms with Crippen molar-refractivity contribution in [2.45, 2.75) is 33.1 Å². The predicted octanol–water partition coefficient (Wildman–Crippen LogP) is 3.88. The molecule has 1 aliphatic heterocycles. The lowest BCUT2D eigenvalue weighted by Gasteiger charge is -2.36. The second kappa shape index (κ2) is 5.41. The number of hydrogen-bond acceptors (Lipinski definition) is 1. The standard InChI is InChI=1S/C15H21ClO/c1-12-5-3-6-13(2)14(12)9-15(10-16)7-4-8-17-11-15/h3,5-6H,4,7-11H2,1-2H3. The molecule has 1 unspecified atom stereocenters. The van der Waals surface area contributed by atoms with E-state index in [2.05, 4.69) is 32.0 Å². The van der Waals surface area contributed by atoms with Crippen LogP contribution in [-0.4, -0.2) is 19.1 Å². The molecule has 1 saturated heterocycles. The Labute approximate surface area is 109 Å². The highest BCUT2D eigenvalue weighted by atomic mass is 35.5. The molecule has 0 amide bonds. The Morgan fingerprint density at radius 1 is 1.29 bits per heavy atom. The number of benzene rings is 1.